The van der Waals surface area contributed by atoms with Crippen LogP contribution in [0.2, 0.25) is 0 Å². The number of carbonyl (C=O) groups excluding carboxylic acids is 1. The van der Waals surface area contributed by atoms with E-state index >= 15 is 0 Å². The van der Waals surface area contributed by atoms with E-state index in [1.54, 1.807) is 6.08 Å². The van der Waals surface area contributed by atoms with Crippen molar-refractivity contribution in [2.24, 2.45) is 4.99 Å². The van der Waals surface area contributed by atoms with Gasteiger partial charge in [-0.25, -0.2) is 4.79 Å². The lowest BCUT2D eigenvalue weighted by atomic mass is 9.72. The number of ether oxygens (including phenoxy) is 1. The average molecular weight is 257 g/mol. The van der Waals surface area contributed by atoms with E-state index in [0.717, 1.165) is 43.4 Å². The number of aliphatic imine (C=N–C) groups is 1. The molecule has 3 rings (SSSR count). The Kier molecular flexibility index (Phi) is 3.39. The van der Waals surface area contributed by atoms with E-state index in [2.05, 4.69) is 11.1 Å². The fourth-order valence-electron chi connectivity index (χ4n) is 3.12. The van der Waals surface area contributed by atoms with E-state index in [-0.39, 0.29) is 5.54 Å². The van der Waals surface area contributed by atoms with Gasteiger partial charge in [-0.15, -0.1) is 0 Å². The quantitative estimate of drug-likeness (QED) is 0.609. The Morgan fingerprint density at radius 2 is 2.00 bits per heavy atom. The van der Waals surface area contributed by atoms with Crippen molar-refractivity contribution in [1.29, 1.82) is 0 Å². The zero-order chi connectivity index (χ0) is 13.1. The van der Waals surface area contributed by atoms with Gasteiger partial charge in [-0.3, -0.25) is 0 Å². The Bertz CT molecular complexity index is 495. The van der Waals surface area contributed by atoms with Gasteiger partial charge in [-0.05, 0) is 62.6 Å². The largest absolute Gasteiger partial charge is 0.490 e. The molecule has 1 aromatic rings. The van der Waals surface area contributed by atoms with Gasteiger partial charge in [0.2, 0.25) is 6.08 Å². The summed E-state index contributed by atoms with van der Waals surface area (Å²) < 4.78 is 6.02. The molecule has 0 saturated heterocycles. The van der Waals surface area contributed by atoms with Crippen molar-refractivity contribution in [3.05, 3.63) is 29.8 Å². The van der Waals surface area contributed by atoms with Gasteiger partial charge in [0.05, 0.1) is 11.6 Å². The van der Waals surface area contributed by atoms with E-state index in [9.17, 15) is 4.79 Å². The summed E-state index contributed by atoms with van der Waals surface area (Å²) in [4.78, 5) is 14.7. The molecule has 1 aromatic carbocycles. The number of isocyanates is 1. The lowest BCUT2D eigenvalue weighted by Crippen LogP contribution is -2.31. The highest BCUT2D eigenvalue weighted by molar-refractivity contribution is 5.41. The highest BCUT2D eigenvalue weighted by Crippen LogP contribution is 2.45. The second kappa shape index (κ2) is 5.18. The van der Waals surface area contributed by atoms with E-state index in [4.69, 9.17) is 4.74 Å². The van der Waals surface area contributed by atoms with Gasteiger partial charge in [-0.2, -0.15) is 4.99 Å². The Morgan fingerprint density at radius 1 is 1.21 bits per heavy atom. The second-order valence-corrected chi connectivity index (χ2v) is 5.64. The summed E-state index contributed by atoms with van der Waals surface area (Å²) in [6.45, 7) is 0. The van der Waals surface area contributed by atoms with Crippen LogP contribution < -0.4 is 4.74 Å². The van der Waals surface area contributed by atoms with Crippen molar-refractivity contribution in [2.75, 3.05) is 0 Å². The van der Waals surface area contributed by atoms with Gasteiger partial charge in [0.15, 0.2) is 0 Å². The summed E-state index contributed by atoms with van der Waals surface area (Å²) in [6, 6.07) is 8.10. The molecule has 0 aromatic heterocycles. The van der Waals surface area contributed by atoms with Crippen LogP contribution in [0.25, 0.3) is 0 Å². The second-order valence-electron chi connectivity index (χ2n) is 5.64. The molecule has 100 valence electrons. The van der Waals surface area contributed by atoms with E-state index in [1.165, 1.54) is 12.8 Å². The molecule has 0 aliphatic heterocycles. The first-order chi connectivity index (χ1) is 9.32. The third kappa shape index (κ3) is 2.43. The molecule has 0 unspecified atom stereocenters. The van der Waals surface area contributed by atoms with Crippen LogP contribution in [0.4, 0.5) is 0 Å². The molecule has 0 radical (unpaired) electrons. The lowest BCUT2D eigenvalue weighted by Gasteiger charge is -2.37. The summed E-state index contributed by atoms with van der Waals surface area (Å²) >= 11 is 0. The summed E-state index contributed by atoms with van der Waals surface area (Å²) in [5, 5.41) is 0. The van der Waals surface area contributed by atoms with Gasteiger partial charge >= 0.3 is 0 Å². The van der Waals surface area contributed by atoms with Crippen molar-refractivity contribution in [3.8, 4) is 5.75 Å². The summed E-state index contributed by atoms with van der Waals surface area (Å²) in [7, 11) is 0. The highest BCUT2D eigenvalue weighted by atomic mass is 16.5. The van der Waals surface area contributed by atoms with Gasteiger partial charge in [0.1, 0.15) is 5.75 Å². The zero-order valence-corrected chi connectivity index (χ0v) is 11.1. The van der Waals surface area contributed by atoms with Crippen LogP contribution in [0.1, 0.15) is 50.5 Å². The lowest BCUT2D eigenvalue weighted by molar-refractivity contribution is 0.207. The van der Waals surface area contributed by atoms with Gasteiger partial charge < -0.3 is 4.74 Å². The molecule has 0 bridgehead atoms. The molecule has 2 aliphatic carbocycles. The Hall–Kier alpha value is -1.60. The number of benzene rings is 1. The van der Waals surface area contributed by atoms with Gasteiger partial charge in [0.25, 0.3) is 0 Å². The smallest absolute Gasteiger partial charge is 0.235 e. The van der Waals surface area contributed by atoms with E-state index in [0.29, 0.717) is 6.10 Å². The molecule has 2 saturated carbocycles. The van der Waals surface area contributed by atoms with Crippen LogP contribution in [0.5, 0.6) is 5.75 Å². The normalized spacial score (nSPS) is 21.5. The van der Waals surface area contributed by atoms with Gasteiger partial charge in [0, 0.05) is 0 Å². The minimum atomic E-state index is -0.323. The van der Waals surface area contributed by atoms with Crippen molar-refractivity contribution in [2.45, 2.75) is 56.6 Å². The topological polar surface area (TPSA) is 38.7 Å². The molecule has 0 atom stereocenters. The molecule has 2 fully saturated rings. The number of nitrogens with zero attached hydrogens (tertiary/aromatic N) is 1. The number of hydrogen-bond donors (Lipinski definition) is 0. The maximum Gasteiger partial charge on any atom is 0.235 e. The predicted octanol–water partition coefficient (Wildman–Crippen LogP) is 3.72. The minimum Gasteiger partial charge on any atom is -0.490 e. The van der Waals surface area contributed by atoms with Crippen molar-refractivity contribution < 1.29 is 9.53 Å². The van der Waals surface area contributed by atoms with Crippen molar-refractivity contribution in [3.63, 3.8) is 0 Å². The standard InChI is InChI=1S/C16H19NO2/c18-12-17-16(9-4-10-16)13-5-3-8-15(11-13)19-14-6-1-2-7-14/h3,5,8,11,14H,1-2,4,6-7,9-10H2. The molecule has 0 spiro atoms. The number of rotatable bonds is 4. The Labute approximate surface area is 113 Å². The van der Waals surface area contributed by atoms with Crippen LogP contribution in [0.3, 0.4) is 0 Å². The fraction of sp³-hybridized carbons (Fsp3) is 0.562. The van der Waals surface area contributed by atoms with Crippen LogP contribution in [-0.4, -0.2) is 12.2 Å². The van der Waals surface area contributed by atoms with Gasteiger partial charge in [-0.1, -0.05) is 12.1 Å². The molecule has 0 amide bonds. The first-order valence-electron chi connectivity index (χ1n) is 7.19. The SMILES string of the molecule is O=C=NC1(c2cccc(OC3CCCC3)c2)CCC1. The average Bonchev–Trinajstić information content (AvgIpc) is 2.87. The molecular formula is C16H19NO2. The Balaban J connectivity index is 1.80. The zero-order valence-electron chi connectivity index (χ0n) is 11.1. The monoisotopic (exact) mass is 257 g/mol. The third-order valence-corrected chi connectivity index (χ3v) is 4.42. The predicted molar refractivity (Wildman–Crippen MR) is 73.0 cm³/mol. The van der Waals surface area contributed by atoms with E-state index < -0.39 is 0 Å². The minimum absolute atomic E-state index is 0.323. The molecule has 0 N–H and O–H groups in total. The van der Waals surface area contributed by atoms with Crippen molar-refractivity contribution in [1.82, 2.24) is 0 Å². The third-order valence-electron chi connectivity index (χ3n) is 4.42. The van der Waals surface area contributed by atoms with Crippen LogP contribution in [0, 0.1) is 0 Å². The first kappa shape index (κ1) is 12.4. The van der Waals surface area contributed by atoms with Crippen molar-refractivity contribution >= 4 is 6.08 Å². The van der Waals surface area contributed by atoms with Crippen LogP contribution in [0.15, 0.2) is 29.3 Å². The maximum absolute atomic E-state index is 10.6. The summed E-state index contributed by atoms with van der Waals surface area (Å²) in [6.07, 6.45) is 9.95. The molecular weight excluding hydrogens is 238 g/mol. The molecule has 3 nitrogen and oxygen atoms in total. The molecule has 2 aliphatic rings. The fourth-order valence-corrected chi connectivity index (χ4v) is 3.12. The van der Waals surface area contributed by atoms with Crippen LogP contribution >= 0.6 is 0 Å². The van der Waals surface area contributed by atoms with E-state index in [1.807, 2.05) is 18.2 Å². The Morgan fingerprint density at radius 3 is 2.63 bits per heavy atom. The molecule has 0 heterocycles. The maximum atomic E-state index is 10.6. The highest BCUT2D eigenvalue weighted by Gasteiger charge is 2.39. The first-order valence-corrected chi connectivity index (χ1v) is 7.19. The molecule has 3 heteroatoms. The van der Waals surface area contributed by atoms with Crippen LogP contribution in [-0.2, 0) is 10.3 Å². The number of hydrogen-bond acceptors (Lipinski definition) is 3. The summed E-state index contributed by atoms with van der Waals surface area (Å²) in [5.74, 6) is 0.914. The molecule has 19 heavy (non-hydrogen) atoms. The summed E-state index contributed by atoms with van der Waals surface area (Å²) in [5.41, 5.74) is 0.772.